The smallest absolute Gasteiger partial charge is 0.319 e. The maximum Gasteiger partial charge on any atom is 0.319 e. The number of alkyl halides is 1. The van der Waals surface area contributed by atoms with Gasteiger partial charge in [0.25, 0.3) is 0 Å². The molecule has 14 heteroatoms. The Morgan fingerprint density at radius 3 is 2.78 bits per heavy atom. The van der Waals surface area contributed by atoms with E-state index in [-0.39, 0.29) is 55.4 Å². The molecule has 4 saturated heterocycles. The minimum Gasteiger partial charge on any atom is -0.461 e. The van der Waals surface area contributed by atoms with Gasteiger partial charge in [0, 0.05) is 55.2 Å². The normalized spacial score (nSPS) is 32.7. The zero-order valence-corrected chi connectivity index (χ0v) is 29.9. The Balaban J connectivity index is 1.06. The van der Waals surface area contributed by atoms with Crippen LogP contribution in [-0.2, 0) is 4.79 Å². The summed E-state index contributed by atoms with van der Waals surface area (Å²) >= 11 is 7.92. The van der Waals surface area contributed by atoms with Crippen LogP contribution in [0.3, 0.4) is 0 Å². The first kappa shape index (κ1) is 32.2. The Morgan fingerprint density at radius 1 is 1.12 bits per heavy atom. The standard InChI is InChI=1S/C37H39ClF3N7O2S/c1-18-5-8-48(18)33(49)37-11-19-9-24(37)20(12-37)15-46(14-19)32-23-10-25(38)27(22-3-4-26(40)31-30(22)43-34(42)51-31)28(41)29(23)44-35(45-32)50-17-36-6-2-7-47(36)16-21(39)13-36/h3-4,10,18-21,24H,2,5-9,11-17H2,1H3,(H2,42,43)/t18-,19?,20?,21-,24?,36+,37?/m1/s1. The molecule has 6 fully saturated rings. The predicted molar refractivity (Wildman–Crippen MR) is 191 cm³/mol. The maximum absolute atomic E-state index is 17.1. The van der Waals surface area contributed by atoms with Crippen molar-refractivity contribution >= 4 is 60.9 Å². The zero-order valence-electron chi connectivity index (χ0n) is 28.3. The lowest BCUT2D eigenvalue weighted by Crippen LogP contribution is -2.62. The molecule has 1 amide bonds. The number of anilines is 2. The van der Waals surface area contributed by atoms with E-state index in [0.717, 1.165) is 63.0 Å². The molecular formula is C37H39ClF3N7O2S. The summed E-state index contributed by atoms with van der Waals surface area (Å²) in [7, 11) is 0. The molecule has 10 rings (SSSR count). The van der Waals surface area contributed by atoms with Crippen molar-refractivity contribution in [2.75, 3.05) is 50.0 Å². The number of hydrogen-bond donors (Lipinski definition) is 1. The second-order valence-corrected chi connectivity index (χ2v) is 17.5. The minimum absolute atomic E-state index is 0.0228. The van der Waals surface area contributed by atoms with Crippen LogP contribution in [0.2, 0.25) is 5.02 Å². The molecule has 4 aromatic rings. The summed E-state index contributed by atoms with van der Waals surface area (Å²) in [4.78, 5) is 34.2. The van der Waals surface area contributed by atoms with E-state index in [1.54, 1.807) is 6.07 Å². The van der Waals surface area contributed by atoms with Gasteiger partial charge in [-0.3, -0.25) is 9.69 Å². The number of amides is 1. The molecule has 0 radical (unpaired) electrons. The highest BCUT2D eigenvalue weighted by Gasteiger charge is 2.66. The fourth-order valence-corrected chi connectivity index (χ4v) is 11.9. The molecule has 6 aliphatic rings. The number of rotatable bonds is 6. The van der Waals surface area contributed by atoms with E-state index >= 15 is 4.39 Å². The number of ether oxygens (including phenoxy) is 1. The SMILES string of the molecule is C[C@@H]1CCN1C(=O)C12CC3CC1C(CN(c1nc(OC[C@@]45CCCN4C[C@H](F)C5)nc4c(F)c(-c5ccc(F)c6sc(N)nc56)c(Cl)cc14)C3)C2. The number of likely N-dealkylation sites (tertiary alicyclic amines) is 1. The molecule has 2 saturated carbocycles. The average Bonchev–Trinajstić information content (AvgIpc) is 3.79. The highest BCUT2D eigenvalue weighted by Crippen LogP contribution is 2.65. The predicted octanol–water partition coefficient (Wildman–Crippen LogP) is 6.85. The van der Waals surface area contributed by atoms with E-state index in [1.165, 1.54) is 12.1 Å². The molecule has 2 aromatic carbocycles. The molecule has 0 spiro atoms. The molecule has 2 aliphatic carbocycles. The van der Waals surface area contributed by atoms with Gasteiger partial charge in [-0.05, 0) is 87.9 Å². The monoisotopic (exact) mass is 737 g/mol. The Morgan fingerprint density at radius 2 is 1.98 bits per heavy atom. The summed E-state index contributed by atoms with van der Waals surface area (Å²) in [5.74, 6) is 0.587. The summed E-state index contributed by atoms with van der Waals surface area (Å²) < 4.78 is 53.0. The number of hydrogen-bond acceptors (Lipinski definition) is 9. The zero-order chi connectivity index (χ0) is 35.0. The molecule has 9 nitrogen and oxygen atoms in total. The summed E-state index contributed by atoms with van der Waals surface area (Å²) in [6, 6.07) is 4.75. The molecule has 6 heterocycles. The van der Waals surface area contributed by atoms with Gasteiger partial charge >= 0.3 is 6.01 Å². The fourth-order valence-electron chi connectivity index (χ4n) is 10.8. The summed E-state index contributed by atoms with van der Waals surface area (Å²) in [5.41, 5.74) is 5.87. The number of carbonyl (C=O) groups is 1. The van der Waals surface area contributed by atoms with Crippen molar-refractivity contribution in [3.05, 3.63) is 34.9 Å². The molecule has 51 heavy (non-hydrogen) atoms. The Kier molecular flexibility index (Phi) is 7.14. The third kappa shape index (κ3) is 4.68. The molecule has 268 valence electrons. The van der Waals surface area contributed by atoms with Crippen molar-refractivity contribution in [2.24, 2.45) is 23.2 Å². The van der Waals surface area contributed by atoms with Crippen molar-refractivity contribution in [2.45, 2.75) is 69.6 Å². The van der Waals surface area contributed by atoms with Crippen molar-refractivity contribution < 1.29 is 22.7 Å². The summed E-state index contributed by atoms with van der Waals surface area (Å²) in [6.45, 7) is 5.73. The van der Waals surface area contributed by atoms with Crippen molar-refractivity contribution in [1.29, 1.82) is 0 Å². The average molecular weight is 738 g/mol. The van der Waals surface area contributed by atoms with E-state index in [0.29, 0.717) is 66.6 Å². The van der Waals surface area contributed by atoms with Gasteiger partial charge < -0.3 is 20.3 Å². The van der Waals surface area contributed by atoms with Crippen LogP contribution in [0.15, 0.2) is 18.2 Å². The van der Waals surface area contributed by atoms with Crippen molar-refractivity contribution in [3.63, 3.8) is 0 Å². The van der Waals surface area contributed by atoms with Gasteiger partial charge in [-0.25, -0.2) is 18.2 Å². The highest BCUT2D eigenvalue weighted by atomic mass is 35.5. The van der Waals surface area contributed by atoms with Crippen LogP contribution in [0.5, 0.6) is 6.01 Å². The second-order valence-electron chi connectivity index (χ2n) is 16.0. The molecule has 7 atom stereocenters. The van der Waals surface area contributed by atoms with Crippen molar-refractivity contribution in [3.8, 4) is 17.1 Å². The molecule has 2 aromatic heterocycles. The molecule has 2 bridgehead atoms. The van der Waals surface area contributed by atoms with E-state index < -0.39 is 23.3 Å². The first-order chi connectivity index (χ1) is 24.5. The lowest BCUT2D eigenvalue weighted by Gasteiger charge is -2.56. The van der Waals surface area contributed by atoms with E-state index in [1.807, 2.05) is 0 Å². The van der Waals surface area contributed by atoms with Gasteiger partial charge in [0.1, 0.15) is 29.9 Å². The molecule has 4 unspecified atom stereocenters. The van der Waals surface area contributed by atoms with Crippen LogP contribution in [0.25, 0.3) is 32.2 Å². The van der Waals surface area contributed by atoms with Gasteiger partial charge in [-0.15, -0.1) is 0 Å². The van der Waals surface area contributed by atoms with Gasteiger partial charge in [-0.2, -0.15) is 9.97 Å². The van der Waals surface area contributed by atoms with E-state index in [9.17, 15) is 13.6 Å². The highest BCUT2D eigenvalue weighted by molar-refractivity contribution is 7.22. The fraction of sp³-hybridized carbons (Fsp3) is 0.568. The topological polar surface area (TPSA) is 101 Å². The van der Waals surface area contributed by atoms with Crippen LogP contribution in [-0.4, -0.2) is 87.7 Å². The third-order valence-corrected chi connectivity index (χ3v) is 14.4. The second kappa shape index (κ2) is 11.3. The number of aromatic nitrogens is 3. The number of benzene rings is 2. The molecular weight excluding hydrogens is 699 g/mol. The van der Waals surface area contributed by atoms with Crippen LogP contribution in [0.1, 0.15) is 51.9 Å². The third-order valence-electron chi connectivity index (χ3n) is 13.2. The lowest BCUT2D eigenvalue weighted by molar-refractivity contribution is -0.165. The number of thiazole rings is 1. The van der Waals surface area contributed by atoms with E-state index in [2.05, 4.69) is 31.6 Å². The number of carbonyl (C=O) groups excluding carboxylic acids is 1. The Bertz CT molecular complexity index is 2130. The van der Waals surface area contributed by atoms with Gasteiger partial charge in [0.15, 0.2) is 10.9 Å². The van der Waals surface area contributed by atoms with E-state index in [4.69, 9.17) is 27.1 Å². The number of fused-ring (bicyclic) bond motifs is 4. The van der Waals surface area contributed by atoms with Gasteiger partial charge in [-0.1, -0.05) is 22.9 Å². The summed E-state index contributed by atoms with van der Waals surface area (Å²) in [6.07, 6.45) is 4.98. The van der Waals surface area contributed by atoms with Crippen LogP contribution in [0, 0.1) is 34.8 Å². The Hall–Kier alpha value is -3.42. The van der Waals surface area contributed by atoms with Crippen LogP contribution < -0.4 is 15.4 Å². The van der Waals surface area contributed by atoms with Crippen molar-refractivity contribution in [1.82, 2.24) is 24.8 Å². The van der Waals surface area contributed by atoms with Gasteiger partial charge in [0.05, 0.1) is 26.2 Å². The first-order valence-corrected chi connectivity index (χ1v) is 19.4. The maximum atomic E-state index is 17.1. The quantitative estimate of drug-likeness (QED) is 0.230. The lowest BCUT2D eigenvalue weighted by atomic mass is 9.54. The number of halogens is 4. The van der Waals surface area contributed by atoms with Crippen LogP contribution in [0.4, 0.5) is 24.1 Å². The van der Waals surface area contributed by atoms with Crippen LogP contribution >= 0.6 is 22.9 Å². The minimum atomic E-state index is -0.922. The first-order valence-electron chi connectivity index (χ1n) is 18.2. The number of nitrogens with zero attached hydrogens (tertiary/aromatic N) is 6. The molecule has 4 aliphatic heterocycles. The van der Waals surface area contributed by atoms with Gasteiger partial charge in [0.2, 0.25) is 5.91 Å². The molecule has 2 N–H and O–H groups in total. The Labute approximate surface area is 302 Å². The summed E-state index contributed by atoms with van der Waals surface area (Å²) in [5, 5.41) is 0.726. The largest absolute Gasteiger partial charge is 0.461 e. The number of nitrogens with two attached hydrogens (primary N) is 1. The number of nitrogen functional groups attached to an aromatic ring is 1.